The molecule has 1 aromatic rings. The number of benzene rings is 1. The van der Waals surface area contributed by atoms with E-state index >= 15 is 0 Å². The Morgan fingerprint density at radius 3 is 2.44 bits per heavy atom. The summed E-state index contributed by atoms with van der Waals surface area (Å²) < 4.78 is 38.9. The van der Waals surface area contributed by atoms with Crippen LogP contribution in [0.4, 0.5) is 24.5 Å². The third-order valence-corrected chi connectivity index (χ3v) is 2.91. The Hall–Kier alpha value is -1.81. The highest BCUT2D eigenvalue weighted by atomic mass is 19.4. The van der Waals surface area contributed by atoms with Crippen molar-refractivity contribution in [2.45, 2.75) is 19.0 Å². The largest absolute Gasteiger partial charge is 0.418 e. The summed E-state index contributed by atoms with van der Waals surface area (Å²) in [6.45, 7) is 1.25. The van der Waals surface area contributed by atoms with E-state index in [1.165, 1.54) is 18.2 Å². The van der Waals surface area contributed by atoms with E-state index in [0.717, 1.165) is 18.9 Å². The van der Waals surface area contributed by atoms with Crippen molar-refractivity contribution >= 4 is 17.5 Å². The lowest BCUT2D eigenvalue weighted by molar-refractivity contribution is -0.137. The number of nitrogens with zero attached hydrogens (tertiary/aromatic N) is 2. The summed E-state index contributed by atoms with van der Waals surface area (Å²) in [6, 6.07) is 3.65. The van der Waals surface area contributed by atoms with Crippen LogP contribution in [0.3, 0.4) is 0 Å². The smallest absolute Gasteiger partial charge is 0.371 e. The highest BCUT2D eigenvalue weighted by molar-refractivity contribution is 5.62. The van der Waals surface area contributed by atoms with Crippen molar-refractivity contribution in [2.75, 3.05) is 18.0 Å². The summed E-state index contributed by atoms with van der Waals surface area (Å²) in [5, 5.41) is 0. The molecule has 96 valence electrons. The molecule has 0 atom stereocenters. The van der Waals surface area contributed by atoms with Crippen LogP contribution in [0, 0.1) is 0 Å². The number of hydrogen-bond donors (Lipinski definition) is 0. The quantitative estimate of drug-likeness (QED) is 0.601. The van der Waals surface area contributed by atoms with Gasteiger partial charge in [-0.25, -0.2) is 4.79 Å². The van der Waals surface area contributed by atoms with E-state index in [1.807, 2.05) is 0 Å². The first kappa shape index (κ1) is 12.6. The molecular weight excluding hydrogens is 245 g/mol. The Balaban J connectivity index is 2.47. The average molecular weight is 256 g/mol. The zero-order valence-electron chi connectivity index (χ0n) is 9.50. The van der Waals surface area contributed by atoms with Gasteiger partial charge in [-0.3, -0.25) is 0 Å². The molecule has 0 N–H and O–H groups in total. The number of alkyl halides is 3. The van der Waals surface area contributed by atoms with Gasteiger partial charge >= 0.3 is 6.18 Å². The van der Waals surface area contributed by atoms with E-state index in [9.17, 15) is 18.0 Å². The van der Waals surface area contributed by atoms with Gasteiger partial charge in [0.15, 0.2) is 0 Å². The van der Waals surface area contributed by atoms with Gasteiger partial charge in [0.2, 0.25) is 6.08 Å². The summed E-state index contributed by atoms with van der Waals surface area (Å²) in [7, 11) is 0. The maximum Gasteiger partial charge on any atom is 0.418 e. The van der Waals surface area contributed by atoms with Crippen molar-refractivity contribution in [1.82, 2.24) is 0 Å². The van der Waals surface area contributed by atoms with Gasteiger partial charge in [-0.05, 0) is 31.0 Å². The minimum Gasteiger partial charge on any atom is -0.371 e. The highest BCUT2D eigenvalue weighted by Gasteiger charge is 2.35. The minimum absolute atomic E-state index is 0.0275. The molecule has 0 radical (unpaired) electrons. The number of carbonyl (C=O) groups excluding carboxylic acids is 1. The van der Waals surface area contributed by atoms with Gasteiger partial charge in [-0.2, -0.15) is 18.2 Å². The van der Waals surface area contributed by atoms with Crippen LogP contribution in [0.25, 0.3) is 0 Å². The van der Waals surface area contributed by atoms with Crippen LogP contribution < -0.4 is 4.90 Å². The molecule has 0 aromatic heterocycles. The predicted octanol–water partition coefficient (Wildman–Crippen LogP) is 3.27. The van der Waals surface area contributed by atoms with Crippen molar-refractivity contribution in [3.05, 3.63) is 23.8 Å². The first-order chi connectivity index (χ1) is 8.52. The molecule has 3 nitrogen and oxygen atoms in total. The molecule has 18 heavy (non-hydrogen) atoms. The van der Waals surface area contributed by atoms with Crippen molar-refractivity contribution < 1.29 is 18.0 Å². The molecule has 0 aliphatic carbocycles. The molecule has 1 saturated heterocycles. The third kappa shape index (κ3) is 2.54. The zero-order valence-corrected chi connectivity index (χ0v) is 9.50. The highest BCUT2D eigenvalue weighted by Crippen LogP contribution is 2.39. The lowest BCUT2D eigenvalue weighted by Crippen LogP contribution is -2.21. The van der Waals surface area contributed by atoms with Crippen LogP contribution in [0.1, 0.15) is 18.4 Å². The Morgan fingerprint density at radius 2 is 1.89 bits per heavy atom. The SMILES string of the molecule is O=C=Nc1ccc(N2CCCC2)c(C(F)(F)F)c1. The second-order valence-corrected chi connectivity index (χ2v) is 4.10. The summed E-state index contributed by atoms with van der Waals surface area (Å²) in [4.78, 5) is 15.0. The fraction of sp³-hybridized carbons (Fsp3) is 0.417. The molecule has 1 fully saturated rings. The van der Waals surface area contributed by atoms with E-state index in [0.29, 0.717) is 13.1 Å². The Kier molecular flexibility index (Phi) is 3.39. The summed E-state index contributed by atoms with van der Waals surface area (Å²) in [6.07, 6.45) is -1.42. The molecule has 1 aromatic carbocycles. The number of anilines is 1. The number of halogens is 3. The Morgan fingerprint density at radius 1 is 1.22 bits per heavy atom. The topological polar surface area (TPSA) is 32.7 Å². The van der Waals surface area contributed by atoms with E-state index in [-0.39, 0.29) is 11.4 Å². The molecule has 0 saturated carbocycles. The summed E-state index contributed by atoms with van der Waals surface area (Å²) in [5.74, 6) is 0. The average Bonchev–Trinajstić information content (AvgIpc) is 2.81. The molecule has 2 rings (SSSR count). The molecule has 0 bridgehead atoms. The second kappa shape index (κ2) is 4.82. The molecular formula is C12H11F3N2O. The fourth-order valence-corrected chi connectivity index (χ4v) is 2.11. The van der Waals surface area contributed by atoms with Gasteiger partial charge < -0.3 is 4.90 Å². The van der Waals surface area contributed by atoms with Crippen molar-refractivity contribution in [3.8, 4) is 0 Å². The van der Waals surface area contributed by atoms with Gasteiger partial charge in [0.25, 0.3) is 0 Å². The second-order valence-electron chi connectivity index (χ2n) is 4.10. The molecule has 6 heteroatoms. The molecule has 1 aliphatic rings. The van der Waals surface area contributed by atoms with E-state index in [2.05, 4.69) is 4.99 Å². The van der Waals surface area contributed by atoms with Crippen LogP contribution in [-0.2, 0) is 11.0 Å². The van der Waals surface area contributed by atoms with Gasteiger partial charge in [0.05, 0.1) is 11.3 Å². The fourth-order valence-electron chi connectivity index (χ4n) is 2.11. The van der Waals surface area contributed by atoms with Crippen molar-refractivity contribution in [2.24, 2.45) is 4.99 Å². The van der Waals surface area contributed by atoms with Crippen LogP contribution in [0.15, 0.2) is 23.2 Å². The van der Waals surface area contributed by atoms with Crippen molar-refractivity contribution in [1.29, 1.82) is 0 Å². The minimum atomic E-state index is -4.45. The summed E-state index contributed by atoms with van der Waals surface area (Å²) >= 11 is 0. The standard InChI is InChI=1S/C12H11F3N2O/c13-12(14,15)10-7-9(16-8-18)3-4-11(10)17-5-1-2-6-17/h3-4,7H,1-2,5-6H2. The number of aliphatic imine (C=N–C) groups is 1. The van der Waals surface area contributed by atoms with E-state index in [4.69, 9.17) is 0 Å². The molecule has 1 aliphatic heterocycles. The maximum absolute atomic E-state index is 13.0. The molecule has 0 unspecified atom stereocenters. The normalized spacial score (nSPS) is 15.6. The van der Waals surface area contributed by atoms with E-state index < -0.39 is 11.7 Å². The maximum atomic E-state index is 13.0. The first-order valence-corrected chi connectivity index (χ1v) is 5.56. The van der Waals surface area contributed by atoms with Gasteiger partial charge in [-0.1, -0.05) is 0 Å². The Bertz CT molecular complexity index is 487. The number of isocyanates is 1. The monoisotopic (exact) mass is 256 g/mol. The van der Waals surface area contributed by atoms with Gasteiger partial charge in [0, 0.05) is 18.8 Å². The van der Waals surface area contributed by atoms with Gasteiger partial charge in [-0.15, -0.1) is 0 Å². The van der Waals surface area contributed by atoms with Crippen LogP contribution in [-0.4, -0.2) is 19.2 Å². The lowest BCUT2D eigenvalue weighted by Gasteiger charge is -2.22. The molecule has 1 heterocycles. The van der Waals surface area contributed by atoms with Crippen LogP contribution in [0.5, 0.6) is 0 Å². The van der Waals surface area contributed by atoms with Crippen LogP contribution >= 0.6 is 0 Å². The predicted molar refractivity (Wildman–Crippen MR) is 60.7 cm³/mol. The number of hydrogen-bond acceptors (Lipinski definition) is 3. The summed E-state index contributed by atoms with van der Waals surface area (Å²) in [5.41, 5.74) is -0.619. The van der Waals surface area contributed by atoms with E-state index in [1.54, 1.807) is 4.90 Å². The third-order valence-electron chi connectivity index (χ3n) is 2.91. The van der Waals surface area contributed by atoms with Gasteiger partial charge in [0.1, 0.15) is 0 Å². The first-order valence-electron chi connectivity index (χ1n) is 5.56. The van der Waals surface area contributed by atoms with Crippen LogP contribution in [0.2, 0.25) is 0 Å². The zero-order chi connectivity index (χ0) is 13.2. The molecule has 0 amide bonds. The lowest BCUT2D eigenvalue weighted by atomic mass is 10.1. The molecule has 0 spiro atoms. The Labute approximate surface area is 102 Å². The van der Waals surface area contributed by atoms with Crippen molar-refractivity contribution in [3.63, 3.8) is 0 Å². The number of rotatable bonds is 2.